The Morgan fingerprint density at radius 1 is 0.976 bits per heavy atom. The van der Waals surface area contributed by atoms with E-state index in [1.165, 1.54) is 13.0 Å². The maximum absolute atomic E-state index is 15.3. The molecule has 0 bridgehead atoms. The molecule has 2 fully saturated rings. The molecule has 5 N–H and O–H groups in total. The predicted octanol–water partition coefficient (Wildman–Crippen LogP) is 5.32. The first-order valence-electron chi connectivity index (χ1n) is 14.5. The van der Waals surface area contributed by atoms with E-state index >= 15 is 4.39 Å². The molecule has 1 aromatic rings. The number of aliphatic hydroxyl groups is 1. The Labute approximate surface area is 237 Å². The molecule has 41 heavy (non-hydrogen) atoms. The van der Waals surface area contributed by atoms with E-state index in [1.807, 2.05) is 0 Å². The van der Waals surface area contributed by atoms with Crippen molar-refractivity contribution in [1.29, 1.82) is 0 Å². The lowest BCUT2D eigenvalue weighted by molar-refractivity contribution is -0.130. The van der Waals surface area contributed by atoms with Crippen molar-refractivity contribution in [2.75, 3.05) is 11.9 Å². The molecule has 0 saturated heterocycles. The van der Waals surface area contributed by atoms with Gasteiger partial charge in [0.1, 0.15) is 5.82 Å². The molecule has 0 aromatic heterocycles. The minimum absolute atomic E-state index is 0.0424. The van der Waals surface area contributed by atoms with E-state index in [1.54, 1.807) is 5.32 Å². The summed E-state index contributed by atoms with van der Waals surface area (Å²) in [4.78, 5) is 38.0. The lowest BCUT2D eigenvalue weighted by atomic mass is 9.67. The van der Waals surface area contributed by atoms with Crippen LogP contribution in [0, 0.1) is 23.6 Å². The van der Waals surface area contributed by atoms with Crippen LogP contribution >= 0.6 is 0 Å². The Morgan fingerprint density at radius 3 is 2.02 bits per heavy atom. The smallest absolute Gasteiger partial charge is 0.405 e. The van der Waals surface area contributed by atoms with Gasteiger partial charge in [0, 0.05) is 12.5 Å². The average Bonchev–Trinajstić information content (AvgIpc) is 2.94. The molecule has 0 heterocycles. The Hall–Kier alpha value is -2.89. The van der Waals surface area contributed by atoms with Crippen LogP contribution in [0.2, 0.25) is 0 Å². The largest absolute Gasteiger partial charge is 0.436 e. The minimum Gasteiger partial charge on any atom is -0.436 e. The number of benzene rings is 1. The van der Waals surface area contributed by atoms with Crippen LogP contribution in [0.4, 0.5) is 28.0 Å². The Bertz CT molecular complexity index is 1030. The summed E-state index contributed by atoms with van der Waals surface area (Å²) >= 11 is 0. The fourth-order valence-corrected chi connectivity index (χ4v) is 6.49. The molecule has 230 valence electrons. The van der Waals surface area contributed by atoms with E-state index in [4.69, 9.17) is 10.5 Å². The van der Waals surface area contributed by atoms with E-state index in [9.17, 15) is 32.7 Å². The molecular weight excluding hydrogens is 546 g/mol. The van der Waals surface area contributed by atoms with Gasteiger partial charge in [0.2, 0.25) is 12.2 Å². The van der Waals surface area contributed by atoms with Crippen molar-refractivity contribution in [3.05, 3.63) is 29.1 Å². The van der Waals surface area contributed by atoms with Gasteiger partial charge in [0.15, 0.2) is 6.10 Å². The van der Waals surface area contributed by atoms with E-state index < -0.39 is 55.1 Å². The molecule has 0 aliphatic heterocycles. The number of primary amides is 1. The summed E-state index contributed by atoms with van der Waals surface area (Å²) in [6.45, 7) is 0.888. The maximum atomic E-state index is 15.3. The van der Waals surface area contributed by atoms with Crippen molar-refractivity contribution < 1.29 is 41.8 Å². The molecule has 3 amide bonds. The maximum Gasteiger partial charge on any atom is 0.405 e. The van der Waals surface area contributed by atoms with Crippen molar-refractivity contribution in [3.8, 4) is 0 Å². The number of alkyl halides is 3. The highest BCUT2D eigenvalue weighted by Crippen LogP contribution is 2.43. The van der Waals surface area contributed by atoms with Crippen LogP contribution in [0.3, 0.4) is 0 Å². The van der Waals surface area contributed by atoms with Gasteiger partial charge in [-0.15, -0.1) is 0 Å². The number of halogens is 4. The van der Waals surface area contributed by atoms with Crippen LogP contribution in [-0.2, 0) is 20.7 Å². The number of hydrogen-bond donors (Lipinski definition) is 4. The number of nitrogens with two attached hydrogens (primary N) is 1. The third-order valence-corrected chi connectivity index (χ3v) is 8.47. The Kier molecular flexibility index (Phi) is 12.2. The van der Waals surface area contributed by atoms with Gasteiger partial charge in [-0.1, -0.05) is 64.2 Å². The highest BCUT2D eigenvalue weighted by Gasteiger charge is 2.42. The van der Waals surface area contributed by atoms with Gasteiger partial charge in [-0.25, -0.2) is 22.4 Å². The summed E-state index contributed by atoms with van der Waals surface area (Å²) in [5.74, 6) is -3.99. The van der Waals surface area contributed by atoms with Gasteiger partial charge in [0.05, 0.1) is 11.6 Å². The lowest BCUT2D eigenvalue weighted by Crippen LogP contribution is -2.46. The van der Waals surface area contributed by atoms with Gasteiger partial charge in [-0.3, -0.25) is 9.59 Å². The molecule has 0 radical (unpaired) electrons. The molecule has 2 saturated carbocycles. The van der Waals surface area contributed by atoms with Crippen LogP contribution in [0.15, 0.2) is 12.1 Å². The standard InChI is InChI=1S/C29H41F4N3O5/c1-16(27(38)36-26(33)25(31)32)20-15-21(30)22(14-19(20)12-13-37)35-28(39)24(41-29(34)40)23(17-8-4-2-5-9-17)18-10-6-3-7-11-18/h14-18,23-26,37H,2-13H2,1H3,(H2,34,40)(H,35,39)(H,36,38). The summed E-state index contributed by atoms with van der Waals surface area (Å²) in [5.41, 5.74) is 5.42. The van der Waals surface area contributed by atoms with Gasteiger partial charge >= 0.3 is 6.09 Å². The van der Waals surface area contributed by atoms with E-state index in [0.29, 0.717) is 0 Å². The molecule has 0 spiro atoms. The SMILES string of the molecule is CC(C(=O)NC(F)C(F)F)c1cc(F)c(NC(=O)C(OC(N)=O)C(C2CCCCC2)C2CCCCC2)cc1CCO. The number of rotatable bonds is 12. The molecule has 2 aliphatic rings. The lowest BCUT2D eigenvalue weighted by Gasteiger charge is -2.41. The second kappa shape index (κ2) is 15.4. The van der Waals surface area contributed by atoms with E-state index in [2.05, 4.69) is 5.32 Å². The zero-order valence-corrected chi connectivity index (χ0v) is 23.4. The first-order chi connectivity index (χ1) is 19.5. The molecule has 8 nitrogen and oxygen atoms in total. The predicted molar refractivity (Wildman–Crippen MR) is 144 cm³/mol. The number of nitrogens with one attached hydrogen (secondary N) is 2. The number of hydrogen-bond acceptors (Lipinski definition) is 5. The van der Waals surface area contributed by atoms with Crippen molar-refractivity contribution in [3.63, 3.8) is 0 Å². The fourth-order valence-electron chi connectivity index (χ4n) is 6.49. The van der Waals surface area contributed by atoms with E-state index in [-0.39, 0.29) is 41.0 Å². The van der Waals surface area contributed by atoms with Gasteiger partial charge in [0.25, 0.3) is 12.3 Å². The highest BCUT2D eigenvalue weighted by atomic mass is 19.3. The number of ether oxygens (including phenoxy) is 1. The highest BCUT2D eigenvalue weighted by molar-refractivity contribution is 5.96. The van der Waals surface area contributed by atoms with E-state index in [0.717, 1.165) is 70.3 Å². The summed E-state index contributed by atoms with van der Waals surface area (Å²) < 4.78 is 59.3. The average molecular weight is 588 g/mol. The fraction of sp³-hybridized carbons (Fsp3) is 0.690. The van der Waals surface area contributed by atoms with Crippen molar-refractivity contribution >= 4 is 23.6 Å². The number of amides is 3. The topological polar surface area (TPSA) is 131 Å². The number of anilines is 1. The minimum atomic E-state index is -3.43. The quantitative estimate of drug-likeness (QED) is 0.194. The zero-order chi connectivity index (χ0) is 30.1. The normalized spacial score (nSPS) is 19.0. The molecule has 2 aliphatic carbocycles. The molecule has 1 aromatic carbocycles. The molecule has 3 rings (SSSR count). The monoisotopic (exact) mass is 587 g/mol. The third kappa shape index (κ3) is 8.80. The molecular formula is C29H41F4N3O5. The summed E-state index contributed by atoms with van der Waals surface area (Å²) in [7, 11) is 0. The Balaban J connectivity index is 1.90. The van der Waals surface area contributed by atoms with Crippen LogP contribution in [-0.4, -0.2) is 48.4 Å². The Morgan fingerprint density at radius 2 is 1.54 bits per heavy atom. The number of aliphatic hydroxyl groups excluding tert-OH is 1. The number of carbonyl (C=O) groups excluding carboxylic acids is 3. The van der Waals surface area contributed by atoms with Crippen molar-refractivity contribution in [1.82, 2.24) is 5.32 Å². The van der Waals surface area contributed by atoms with Crippen LogP contribution < -0.4 is 16.4 Å². The van der Waals surface area contributed by atoms with Crippen LogP contribution in [0.25, 0.3) is 0 Å². The van der Waals surface area contributed by atoms with Crippen molar-refractivity contribution in [2.45, 2.75) is 102 Å². The summed E-state index contributed by atoms with van der Waals surface area (Å²) in [6.07, 6.45) is 1.06. The zero-order valence-electron chi connectivity index (χ0n) is 23.4. The summed E-state index contributed by atoms with van der Waals surface area (Å²) in [6, 6.07) is 2.18. The van der Waals surface area contributed by atoms with Crippen molar-refractivity contribution in [2.24, 2.45) is 23.5 Å². The van der Waals surface area contributed by atoms with Gasteiger partial charge in [-0.2, -0.15) is 0 Å². The number of carbonyl (C=O) groups is 3. The third-order valence-electron chi connectivity index (χ3n) is 8.47. The van der Waals surface area contributed by atoms with Crippen LogP contribution in [0.5, 0.6) is 0 Å². The summed E-state index contributed by atoms with van der Waals surface area (Å²) in [5, 5.41) is 13.6. The molecule has 12 heteroatoms. The first kappa shape index (κ1) is 32.6. The van der Waals surface area contributed by atoms with Gasteiger partial charge < -0.3 is 26.2 Å². The first-order valence-corrected chi connectivity index (χ1v) is 14.5. The molecule has 3 unspecified atom stereocenters. The van der Waals surface area contributed by atoms with Crippen LogP contribution in [0.1, 0.15) is 88.2 Å². The van der Waals surface area contributed by atoms with Gasteiger partial charge in [-0.05, 0) is 48.4 Å². The molecule has 3 atom stereocenters. The second-order valence-corrected chi connectivity index (χ2v) is 11.2. The second-order valence-electron chi connectivity index (χ2n) is 11.2.